The maximum Gasteiger partial charge on any atom is 0.274 e. The van der Waals surface area contributed by atoms with Crippen molar-refractivity contribution < 1.29 is 13.6 Å². The SMILES string of the molecule is Cc1cc(C(=O)Nc2c(F)cccc2F)nc(NC(C)(C)C)n1. The number of anilines is 2. The van der Waals surface area contributed by atoms with Crippen molar-refractivity contribution in [3.63, 3.8) is 0 Å². The number of rotatable bonds is 3. The van der Waals surface area contributed by atoms with Crippen molar-refractivity contribution in [1.29, 1.82) is 0 Å². The lowest BCUT2D eigenvalue weighted by Crippen LogP contribution is -2.28. The molecule has 7 heteroatoms. The quantitative estimate of drug-likeness (QED) is 0.908. The van der Waals surface area contributed by atoms with Crippen molar-refractivity contribution >= 4 is 17.5 Å². The standard InChI is InChI=1S/C16H18F2N4O/c1-9-8-12(20-15(19-9)22-16(2,3)4)14(23)21-13-10(17)6-5-7-11(13)18/h5-8H,1-4H3,(H,21,23)(H,19,20,22). The Balaban J connectivity index is 2.29. The van der Waals surface area contributed by atoms with Crippen LogP contribution in [0.3, 0.4) is 0 Å². The summed E-state index contributed by atoms with van der Waals surface area (Å²) in [5, 5.41) is 5.26. The van der Waals surface area contributed by atoms with Gasteiger partial charge in [0.2, 0.25) is 5.95 Å². The summed E-state index contributed by atoms with van der Waals surface area (Å²) in [6.45, 7) is 7.48. The molecule has 0 aliphatic rings. The van der Waals surface area contributed by atoms with E-state index in [9.17, 15) is 13.6 Å². The Labute approximate surface area is 133 Å². The Morgan fingerprint density at radius 1 is 1.13 bits per heavy atom. The first kappa shape index (κ1) is 16.8. The third-order valence-electron chi connectivity index (χ3n) is 2.77. The smallest absolute Gasteiger partial charge is 0.274 e. The highest BCUT2D eigenvalue weighted by molar-refractivity contribution is 6.03. The van der Waals surface area contributed by atoms with E-state index < -0.39 is 23.2 Å². The minimum absolute atomic E-state index is 0.0203. The van der Waals surface area contributed by atoms with E-state index in [-0.39, 0.29) is 17.2 Å². The monoisotopic (exact) mass is 320 g/mol. The van der Waals surface area contributed by atoms with Crippen molar-refractivity contribution in [3.05, 3.63) is 47.3 Å². The molecule has 1 amide bonds. The van der Waals surface area contributed by atoms with Crippen LogP contribution in [0.2, 0.25) is 0 Å². The fourth-order valence-electron chi connectivity index (χ4n) is 1.87. The Hall–Kier alpha value is -2.57. The Morgan fingerprint density at radius 3 is 2.30 bits per heavy atom. The molecule has 2 N–H and O–H groups in total. The lowest BCUT2D eigenvalue weighted by Gasteiger charge is -2.20. The van der Waals surface area contributed by atoms with E-state index in [2.05, 4.69) is 20.6 Å². The van der Waals surface area contributed by atoms with Crippen LogP contribution in [0, 0.1) is 18.6 Å². The molecule has 0 fully saturated rings. The van der Waals surface area contributed by atoms with Gasteiger partial charge in [-0.2, -0.15) is 0 Å². The third-order valence-corrected chi connectivity index (χ3v) is 2.77. The predicted octanol–water partition coefficient (Wildman–Crippen LogP) is 3.53. The average molecular weight is 320 g/mol. The Morgan fingerprint density at radius 2 is 1.74 bits per heavy atom. The minimum Gasteiger partial charge on any atom is -0.350 e. The van der Waals surface area contributed by atoms with Crippen LogP contribution in [0.4, 0.5) is 20.4 Å². The number of aromatic nitrogens is 2. The van der Waals surface area contributed by atoms with Gasteiger partial charge in [0.15, 0.2) is 0 Å². The van der Waals surface area contributed by atoms with Crippen molar-refractivity contribution in [1.82, 2.24) is 9.97 Å². The lowest BCUT2D eigenvalue weighted by molar-refractivity contribution is 0.102. The molecule has 23 heavy (non-hydrogen) atoms. The van der Waals surface area contributed by atoms with Crippen molar-refractivity contribution in [2.75, 3.05) is 10.6 Å². The highest BCUT2D eigenvalue weighted by Gasteiger charge is 2.17. The fourth-order valence-corrected chi connectivity index (χ4v) is 1.87. The van der Waals surface area contributed by atoms with Gasteiger partial charge in [-0.1, -0.05) is 6.07 Å². The number of benzene rings is 1. The van der Waals surface area contributed by atoms with E-state index >= 15 is 0 Å². The number of aryl methyl sites for hydroxylation is 1. The van der Waals surface area contributed by atoms with Gasteiger partial charge in [0.05, 0.1) is 0 Å². The molecule has 2 aromatic rings. The summed E-state index contributed by atoms with van der Waals surface area (Å²) in [5.74, 6) is -2.14. The maximum absolute atomic E-state index is 13.6. The van der Waals surface area contributed by atoms with E-state index in [1.165, 1.54) is 12.1 Å². The molecule has 0 aliphatic heterocycles. The Kier molecular flexibility index (Phi) is 4.58. The first-order chi connectivity index (χ1) is 10.7. The number of nitrogens with zero attached hydrogens (tertiary/aromatic N) is 2. The zero-order valence-electron chi connectivity index (χ0n) is 13.4. The third kappa shape index (κ3) is 4.45. The molecular formula is C16H18F2N4O. The first-order valence-electron chi connectivity index (χ1n) is 7.05. The number of para-hydroxylation sites is 1. The Bertz CT molecular complexity index is 721. The van der Waals surface area contributed by atoms with Crippen molar-refractivity contribution in [3.8, 4) is 0 Å². The van der Waals surface area contributed by atoms with Crippen LogP contribution in [0.5, 0.6) is 0 Å². The van der Waals surface area contributed by atoms with Gasteiger partial charge in [-0.05, 0) is 45.9 Å². The van der Waals surface area contributed by atoms with E-state index in [4.69, 9.17) is 0 Å². The molecule has 0 saturated heterocycles. The summed E-state index contributed by atoms with van der Waals surface area (Å²) in [5.41, 5.74) is -0.212. The van der Waals surface area contributed by atoms with Crippen molar-refractivity contribution in [2.24, 2.45) is 0 Å². The molecule has 122 valence electrons. The predicted molar refractivity (Wildman–Crippen MR) is 84.5 cm³/mol. The molecular weight excluding hydrogens is 302 g/mol. The van der Waals surface area contributed by atoms with E-state index in [0.29, 0.717) is 5.69 Å². The van der Waals surface area contributed by atoms with Crippen LogP contribution in [-0.2, 0) is 0 Å². The summed E-state index contributed by atoms with van der Waals surface area (Å²) in [6, 6.07) is 4.80. The largest absolute Gasteiger partial charge is 0.350 e. The zero-order chi connectivity index (χ0) is 17.2. The molecule has 5 nitrogen and oxygen atoms in total. The lowest BCUT2D eigenvalue weighted by atomic mass is 10.1. The molecule has 2 rings (SSSR count). The summed E-state index contributed by atoms with van der Waals surface area (Å²) < 4.78 is 27.2. The number of halogens is 2. The first-order valence-corrected chi connectivity index (χ1v) is 7.05. The summed E-state index contributed by atoms with van der Waals surface area (Å²) in [6.07, 6.45) is 0. The van der Waals surface area contributed by atoms with Gasteiger partial charge in [-0.15, -0.1) is 0 Å². The summed E-state index contributed by atoms with van der Waals surface area (Å²) >= 11 is 0. The second-order valence-corrected chi connectivity index (χ2v) is 6.14. The van der Waals surface area contributed by atoms with Crippen LogP contribution < -0.4 is 10.6 Å². The highest BCUT2D eigenvalue weighted by Crippen LogP contribution is 2.19. The van der Waals surface area contributed by atoms with E-state index in [0.717, 1.165) is 12.1 Å². The average Bonchev–Trinajstić information content (AvgIpc) is 2.40. The molecule has 1 heterocycles. The fraction of sp³-hybridized carbons (Fsp3) is 0.312. The molecule has 0 saturated carbocycles. The number of hydrogen-bond acceptors (Lipinski definition) is 4. The minimum atomic E-state index is -0.850. The van der Waals surface area contributed by atoms with Crippen LogP contribution in [0.15, 0.2) is 24.3 Å². The summed E-state index contributed by atoms with van der Waals surface area (Å²) in [4.78, 5) is 20.5. The van der Waals surface area contributed by atoms with E-state index in [1.54, 1.807) is 6.92 Å². The molecule has 0 bridgehead atoms. The number of hydrogen-bond donors (Lipinski definition) is 2. The number of amides is 1. The van der Waals surface area contributed by atoms with Gasteiger partial charge in [-0.25, -0.2) is 18.7 Å². The second-order valence-electron chi connectivity index (χ2n) is 6.14. The summed E-state index contributed by atoms with van der Waals surface area (Å²) in [7, 11) is 0. The van der Waals surface area contributed by atoms with Gasteiger partial charge >= 0.3 is 0 Å². The van der Waals surface area contributed by atoms with Crippen molar-refractivity contribution in [2.45, 2.75) is 33.2 Å². The zero-order valence-corrected chi connectivity index (χ0v) is 13.4. The number of carbonyl (C=O) groups excluding carboxylic acids is 1. The molecule has 1 aromatic carbocycles. The van der Waals surface area contributed by atoms with Gasteiger partial charge in [0.1, 0.15) is 23.0 Å². The normalized spacial score (nSPS) is 11.2. The molecule has 0 spiro atoms. The van der Waals surface area contributed by atoms with E-state index in [1.807, 2.05) is 20.8 Å². The molecule has 0 unspecified atom stereocenters. The molecule has 0 aliphatic carbocycles. The van der Waals surface area contributed by atoms with Gasteiger partial charge in [-0.3, -0.25) is 4.79 Å². The topological polar surface area (TPSA) is 66.9 Å². The van der Waals surface area contributed by atoms with Crippen LogP contribution >= 0.6 is 0 Å². The van der Waals surface area contributed by atoms with Crippen LogP contribution in [-0.4, -0.2) is 21.4 Å². The van der Waals surface area contributed by atoms with Gasteiger partial charge in [0, 0.05) is 11.2 Å². The number of carbonyl (C=O) groups is 1. The van der Waals surface area contributed by atoms with Crippen LogP contribution in [0.25, 0.3) is 0 Å². The molecule has 0 atom stereocenters. The second kappa shape index (κ2) is 6.28. The number of nitrogens with one attached hydrogen (secondary N) is 2. The molecule has 0 radical (unpaired) electrons. The van der Waals surface area contributed by atoms with Gasteiger partial charge in [0.25, 0.3) is 5.91 Å². The molecule has 1 aromatic heterocycles. The van der Waals surface area contributed by atoms with Gasteiger partial charge < -0.3 is 10.6 Å². The highest BCUT2D eigenvalue weighted by atomic mass is 19.1. The van der Waals surface area contributed by atoms with Crippen LogP contribution in [0.1, 0.15) is 37.0 Å². The maximum atomic E-state index is 13.6.